The molecule has 2 aromatic carbocycles. The van der Waals surface area contributed by atoms with Gasteiger partial charge in [0.2, 0.25) is 5.91 Å². The van der Waals surface area contributed by atoms with E-state index in [-0.39, 0.29) is 12.5 Å². The minimum atomic E-state index is -0.916. The lowest BCUT2D eigenvalue weighted by atomic mass is 10.1. The van der Waals surface area contributed by atoms with E-state index in [2.05, 4.69) is 15.7 Å². The number of hydrogen-bond donors (Lipinski definition) is 1. The molecule has 1 N–H and O–H groups in total. The normalized spacial score (nSPS) is 20.6. The molecule has 4 rings (SSSR count). The van der Waals surface area contributed by atoms with Gasteiger partial charge in [-0.1, -0.05) is 35.6 Å². The Labute approximate surface area is 161 Å². The average Bonchev–Trinajstić information content (AvgIpc) is 3.19. The molecule has 0 saturated carbocycles. The molecule has 0 spiro atoms. The number of carbonyl (C=O) groups is 3. The first-order chi connectivity index (χ1) is 13.5. The number of nitrogens with zero attached hydrogens (tertiary/aromatic N) is 4. The summed E-state index contributed by atoms with van der Waals surface area (Å²) in [7, 11) is 0. The van der Waals surface area contributed by atoms with E-state index < -0.39 is 23.9 Å². The van der Waals surface area contributed by atoms with Crippen LogP contribution in [-0.2, 0) is 14.4 Å². The summed E-state index contributed by atoms with van der Waals surface area (Å²) in [4.78, 5) is 39.1. The number of hydrogen-bond acceptors (Lipinski definition) is 6. The quantitative estimate of drug-likeness (QED) is 0.827. The average molecular weight is 377 g/mol. The maximum atomic E-state index is 12.9. The molecule has 2 aromatic rings. The number of para-hydroxylation sites is 1. The Balaban J connectivity index is 1.49. The summed E-state index contributed by atoms with van der Waals surface area (Å²) in [5.41, 5.74) is 3.15. The fourth-order valence-corrected chi connectivity index (χ4v) is 3.39. The van der Waals surface area contributed by atoms with Gasteiger partial charge in [0.25, 0.3) is 11.8 Å². The van der Waals surface area contributed by atoms with Gasteiger partial charge in [-0.3, -0.25) is 19.4 Å². The second-order valence-electron chi connectivity index (χ2n) is 6.91. The molecular weight excluding hydrogens is 358 g/mol. The minimum Gasteiger partial charge on any atom is -0.324 e. The molecule has 8 nitrogen and oxygen atoms in total. The number of imide groups is 1. The van der Waals surface area contributed by atoms with E-state index in [1.165, 1.54) is 5.01 Å². The maximum Gasteiger partial charge on any atom is 0.263 e. The summed E-state index contributed by atoms with van der Waals surface area (Å²) in [6.07, 6.45) is 0. The largest absolute Gasteiger partial charge is 0.324 e. The lowest BCUT2D eigenvalue weighted by Gasteiger charge is -2.20. The second kappa shape index (κ2) is 6.88. The monoisotopic (exact) mass is 377 g/mol. The molecule has 0 aliphatic carbocycles. The highest BCUT2D eigenvalue weighted by Gasteiger charge is 2.55. The van der Waals surface area contributed by atoms with E-state index in [4.69, 9.17) is 0 Å². The zero-order valence-electron chi connectivity index (χ0n) is 15.5. The highest BCUT2D eigenvalue weighted by molar-refractivity contribution is 6.25. The third kappa shape index (κ3) is 3.02. The first-order valence-corrected chi connectivity index (χ1v) is 8.93. The first-order valence-electron chi connectivity index (χ1n) is 8.93. The van der Waals surface area contributed by atoms with Crippen LogP contribution in [0.15, 0.2) is 58.9 Å². The van der Waals surface area contributed by atoms with Crippen LogP contribution in [0.4, 0.5) is 11.4 Å². The van der Waals surface area contributed by atoms with Crippen molar-refractivity contribution in [3.05, 3.63) is 59.7 Å². The van der Waals surface area contributed by atoms with E-state index >= 15 is 0 Å². The zero-order valence-corrected chi connectivity index (χ0v) is 15.5. The Kier molecular flexibility index (Phi) is 4.38. The van der Waals surface area contributed by atoms with Gasteiger partial charge in [-0.25, -0.2) is 4.90 Å². The van der Waals surface area contributed by atoms with Crippen molar-refractivity contribution in [2.24, 2.45) is 10.3 Å². The van der Waals surface area contributed by atoms with Crippen LogP contribution in [0, 0.1) is 13.8 Å². The molecule has 0 radical (unpaired) electrons. The van der Waals surface area contributed by atoms with Crippen LogP contribution >= 0.6 is 0 Å². The Hall–Kier alpha value is -3.55. The Morgan fingerprint density at radius 1 is 1.07 bits per heavy atom. The molecule has 2 aliphatic heterocycles. The molecule has 28 heavy (non-hydrogen) atoms. The molecule has 142 valence electrons. The summed E-state index contributed by atoms with van der Waals surface area (Å²) in [5, 5.41) is 12.0. The number of carbonyl (C=O) groups excluding carboxylic acids is 3. The van der Waals surface area contributed by atoms with Crippen molar-refractivity contribution in [3.63, 3.8) is 0 Å². The van der Waals surface area contributed by atoms with Crippen LogP contribution in [0.25, 0.3) is 0 Å². The molecule has 0 aromatic heterocycles. The van der Waals surface area contributed by atoms with Crippen LogP contribution in [0.1, 0.15) is 11.1 Å². The highest BCUT2D eigenvalue weighted by Crippen LogP contribution is 2.31. The molecule has 2 aliphatic rings. The number of aryl methyl sites for hydroxylation is 2. The predicted octanol–water partition coefficient (Wildman–Crippen LogP) is 2.24. The van der Waals surface area contributed by atoms with Crippen LogP contribution < -0.4 is 10.2 Å². The molecule has 1 saturated heterocycles. The van der Waals surface area contributed by atoms with Gasteiger partial charge in [0.05, 0.1) is 5.69 Å². The van der Waals surface area contributed by atoms with Gasteiger partial charge in [-0.2, -0.15) is 5.11 Å². The SMILES string of the molecule is Cc1ccc(C)c(NC(=O)CN2N=N[C@@H]3C(=O)N(c4ccccc4)C(=O)[C@@H]32)c1. The summed E-state index contributed by atoms with van der Waals surface area (Å²) in [6.45, 7) is 3.67. The van der Waals surface area contributed by atoms with Crippen molar-refractivity contribution in [1.29, 1.82) is 0 Å². The molecule has 3 amide bonds. The number of nitrogens with one attached hydrogen (secondary N) is 1. The number of benzene rings is 2. The van der Waals surface area contributed by atoms with E-state index in [1.807, 2.05) is 32.0 Å². The van der Waals surface area contributed by atoms with Gasteiger partial charge in [0, 0.05) is 5.69 Å². The molecule has 0 bridgehead atoms. The molecule has 2 heterocycles. The Morgan fingerprint density at radius 2 is 1.82 bits per heavy atom. The molecule has 8 heteroatoms. The van der Waals surface area contributed by atoms with Gasteiger partial charge < -0.3 is 5.32 Å². The number of anilines is 2. The first kappa shape index (κ1) is 17.8. The predicted molar refractivity (Wildman–Crippen MR) is 103 cm³/mol. The van der Waals surface area contributed by atoms with E-state index in [1.54, 1.807) is 30.3 Å². The Bertz CT molecular complexity index is 989. The summed E-state index contributed by atoms with van der Waals surface area (Å²) in [5.74, 6) is -1.18. The third-order valence-electron chi connectivity index (χ3n) is 4.85. The van der Waals surface area contributed by atoms with E-state index in [0.29, 0.717) is 11.4 Å². The van der Waals surface area contributed by atoms with Crippen LogP contribution in [-0.4, -0.2) is 41.4 Å². The van der Waals surface area contributed by atoms with Gasteiger partial charge >= 0.3 is 0 Å². The smallest absolute Gasteiger partial charge is 0.263 e. The highest BCUT2D eigenvalue weighted by atomic mass is 16.2. The van der Waals surface area contributed by atoms with Crippen LogP contribution in [0.2, 0.25) is 0 Å². The fraction of sp³-hybridized carbons (Fsp3) is 0.250. The number of amides is 3. The van der Waals surface area contributed by atoms with E-state index in [0.717, 1.165) is 16.0 Å². The summed E-state index contributed by atoms with van der Waals surface area (Å²) >= 11 is 0. The third-order valence-corrected chi connectivity index (χ3v) is 4.85. The van der Waals surface area contributed by atoms with Crippen molar-refractivity contribution in [1.82, 2.24) is 5.01 Å². The van der Waals surface area contributed by atoms with Crippen molar-refractivity contribution in [2.45, 2.75) is 25.9 Å². The lowest BCUT2D eigenvalue weighted by Crippen LogP contribution is -2.43. The van der Waals surface area contributed by atoms with Gasteiger partial charge in [0.15, 0.2) is 12.1 Å². The number of rotatable bonds is 4. The maximum absolute atomic E-state index is 12.9. The summed E-state index contributed by atoms with van der Waals surface area (Å²) < 4.78 is 0. The Morgan fingerprint density at radius 3 is 2.57 bits per heavy atom. The topological polar surface area (TPSA) is 94.4 Å². The molecule has 2 atom stereocenters. The van der Waals surface area contributed by atoms with Crippen LogP contribution in [0.3, 0.4) is 0 Å². The fourth-order valence-electron chi connectivity index (χ4n) is 3.39. The van der Waals surface area contributed by atoms with Crippen molar-refractivity contribution in [3.8, 4) is 0 Å². The van der Waals surface area contributed by atoms with Gasteiger partial charge in [-0.15, -0.1) is 0 Å². The standard InChI is InChI=1S/C20H19N5O3/c1-12-8-9-13(2)15(10-12)21-16(26)11-24-18-17(22-23-24)19(27)25(20(18)28)14-6-4-3-5-7-14/h3-10,17-18H,11H2,1-2H3,(H,21,26)/t17-,18+/m0/s1. The van der Waals surface area contributed by atoms with Crippen LogP contribution in [0.5, 0.6) is 0 Å². The van der Waals surface area contributed by atoms with Crippen molar-refractivity contribution >= 4 is 29.1 Å². The number of fused-ring (bicyclic) bond motifs is 1. The molecule has 0 unspecified atom stereocenters. The van der Waals surface area contributed by atoms with Crippen molar-refractivity contribution < 1.29 is 14.4 Å². The second-order valence-corrected chi connectivity index (χ2v) is 6.91. The van der Waals surface area contributed by atoms with E-state index in [9.17, 15) is 14.4 Å². The van der Waals surface area contributed by atoms with Gasteiger partial charge in [-0.05, 0) is 43.2 Å². The summed E-state index contributed by atoms with van der Waals surface area (Å²) in [6, 6.07) is 12.6. The zero-order chi connectivity index (χ0) is 19.8. The molecular formula is C20H19N5O3. The molecule has 1 fully saturated rings. The van der Waals surface area contributed by atoms with Gasteiger partial charge in [0.1, 0.15) is 6.54 Å². The van der Waals surface area contributed by atoms with Crippen molar-refractivity contribution in [2.75, 3.05) is 16.8 Å². The minimum absolute atomic E-state index is 0.167. The lowest BCUT2D eigenvalue weighted by molar-refractivity contribution is -0.123.